The minimum atomic E-state index is -0.382. The summed E-state index contributed by atoms with van der Waals surface area (Å²) in [5.74, 6) is 0.469. The molecule has 0 aliphatic carbocycles. The maximum absolute atomic E-state index is 11.9. The molecule has 26 heavy (non-hydrogen) atoms. The van der Waals surface area contributed by atoms with Crippen molar-refractivity contribution in [3.05, 3.63) is 59.2 Å². The number of para-hydroxylation sites is 1. The van der Waals surface area contributed by atoms with E-state index < -0.39 is 0 Å². The van der Waals surface area contributed by atoms with Gasteiger partial charge in [0.05, 0.1) is 18.7 Å². The van der Waals surface area contributed by atoms with Crippen LogP contribution in [-0.2, 0) is 4.74 Å². The van der Waals surface area contributed by atoms with Gasteiger partial charge in [0.25, 0.3) is 0 Å². The summed E-state index contributed by atoms with van der Waals surface area (Å²) in [7, 11) is 0. The highest BCUT2D eigenvalue weighted by Gasteiger charge is 2.07. The summed E-state index contributed by atoms with van der Waals surface area (Å²) >= 11 is 0. The number of rotatable bonds is 7. The SMILES string of the molecule is CCOC(=O)c1ccc(NC(=O)NCCOc2c(C)cccc2C)cc1. The Morgan fingerprint density at radius 1 is 1.00 bits per heavy atom. The summed E-state index contributed by atoms with van der Waals surface area (Å²) < 4.78 is 10.7. The van der Waals surface area contributed by atoms with Gasteiger partial charge in [-0.1, -0.05) is 18.2 Å². The number of ether oxygens (including phenoxy) is 2. The van der Waals surface area contributed by atoms with Gasteiger partial charge in [0, 0.05) is 5.69 Å². The fourth-order valence-electron chi connectivity index (χ4n) is 2.42. The molecule has 0 bridgehead atoms. The van der Waals surface area contributed by atoms with E-state index in [0.717, 1.165) is 16.9 Å². The van der Waals surface area contributed by atoms with Gasteiger partial charge in [-0.15, -0.1) is 0 Å². The number of carbonyl (C=O) groups is 2. The number of amides is 2. The zero-order valence-electron chi connectivity index (χ0n) is 15.3. The first kappa shape index (κ1) is 19.3. The van der Waals surface area contributed by atoms with Crippen molar-refractivity contribution in [2.75, 3.05) is 25.1 Å². The van der Waals surface area contributed by atoms with Crippen LogP contribution in [0.2, 0.25) is 0 Å². The van der Waals surface area contributed by atoms with E-state index in [0.29, 0.717) is 31.0 Å². The van der Waals surface area contributed by atoms with E-state index >= 15 is 0 Å². The number of hydrogen-bond acceptors (Lipinski definition) is 4. The minimum absolute atomic E-state index is 0.325. The maximum Gasteiger partial charge on any atom is 0.338 e. The quantitative estimate of drug-likeness (QED) is 0.586. The molecule has 0 fully saturated rings. The number of nitrogens with one attached hydrogen (secondary N) is 2. The molecule has 0 radical (unpaired) electrons. The predicted molar refractivity (Wildman–Crippen MR) is 101 cm³/mol. The number of aryl methyl sites for hydroxylation is 2. The summed E-state index contributed by atoms with van der Waals surface area (Å²) in [5, 5.41) is 5.44. The van der Waals surface area contributed by atoms with Crippen molar-refractivity contribution in [1.29, 1.82) is 0 Å². The normalized spacial score (nSPS) is 10.1. The van der Waals surface area contributed by atoms with Crippen LogP contribution in [0.5, 0.6) is 5.75 Å². The standard InChI is InChI=1S/C20H24N2O4/c1-4-25-19(23)16-8-10-17(11-9-16)22-20(24)21-12-13-26-18-14(2)6-5-7-15(18)3/h5-11H,4,12-13H2,1-3H3,(H2,21,22,24). The zero-order chi connectivity index (χ0) is 18.9. The van der Waals surface area contributed by atoms with Gasteiger partial charge >= 0.3 is 12.0 Å². The Kier molecular flexibility index (Phi) is 7.02. The summed E-state index contributed by atoms with van der Waals surface area (Å²) in [4.78, 5) is 23.5. The molecule has 0 spiro atoms. The van der Waals surface area contributed by atoms with Gasteiger partial charge in [0.15, 0.2) is 0 Å². The van der Waals surface area contributed by atoms with Crippen LogP contribution < -0.4 is 15.4 Å². The summed E-state index contributed by atoms with van der Waals surface area (Å²) in [5.41, 5.74) is 3.17. The Morgan fingerprint density at radius 3 is 2.27 bits per heavy atom. The van der Waals surface area contributed by atoms with Crippen LogP contribution in [0, 0.1) is 13.8 Å². The van der Waals surface area contributed by atoms with E-state index in [1.165, 1.54) is 0 Å². The largest absolute Gasteiger partial charge is 0.491 e. The molecule has 6 heteroatoms. The highest BCUT2D eigenvalue weighted by atomic mass is 16.5. The van der Waals surface area contributed by atoms with Gasteiger partial charge in [-0.25, -0.2) is 9.59 Å². The van der Waals surface area contributed by atoms with Gasteiger partial charge in [-0.2, -0.15) is 0 Å². The lowest BCUT2D eigenvalue weighted by atomic mass is 10.1. The number of urea groups is 1. The molecule has 0 aromatic heterocycles. The van der Waals surface area contributed by atoms with Gasteiger partial charge in [0.1, 0.15) is 12.4 Å². The van der Waals surface area contributed by atoms with Crippen LogP contribution in [0.15, 0.2) is 42.5 Å². The van der Waals surface area contributed by atoms with E-state index in [-0.39, 0.29) is 12.0 Å². The molecular weight excluding hydrogens is 332 g/mol. The van der Waals surface area contributed by atoms with Crippen molar-refractivity contribution in [3.63, 3.8) is 0 Å². The topological polar surface area (TPSA) is 76.7 Å². The number of benzene rings is 2. The molecule has 2 N–H and O–H groups in total. The van der Waals surface area contributed by atoms with E-state index in [4.69, 9.17) is 9.47 Å². The van der Waals surface area contributed by atoms with Crippen LogP contribution in [-0.4, -0.2) is 31.8 Å². The second-order valence-electron chi connectivity index (χ2n) is 5.75. The molecule has 2 amide bonds. The first-order valence-corrected chi connectivity index (χ1v) is 8.52. The molecule has 0 saturated carbocycles. The van der Waals surface area contributed by atoms with Gasteiger partial charge < -0.3 is 20.1 Å². The third-order valence-electron chi connectivity index (χ3n) is 3.70. The van der Waals surface area contributed by atoms with Gasteiger partial charge in [-0.3, -0.25) is 0 Å². The van der Waals surface area contributed by atoms with E-state index in [9.17, 15) is 9.59 Å². The molecule has 2 aromatic carbocycles. The first-order valence-electron chi connectivity index (χ1n) is 8.52. The first-order chi connectivity index (χ1) is 12.5. The van der Waals surface area contributed by atoms with Crippen LogP contribution in [0.25, 0.3) is 0 Å². The molecular formula is C20H24N2O4. The molecule has 2 aromatic rings. The fourth-order valence-corrected chi connectivity index (χ4v) is 2.42. The lowest BCUT2D eigenvalue weighted by Gasteiger charge is -2.12. The van der Waals surface area contributed by atoms with Crippen LogP contribution in [0.1, 0.15) is 28.4 Å². The molecule has 0 heterocycles. The smallest absolute Gasteiger partial charge is 0.338 e. The van der Waals surface area contributed by atoms with Crippen molar-refractivity contribution < 1.29 is 19.1 Å². The second kappa shape index (κ2) is 9.46. The van der Waals surface area contributed by atoms with E-state index in [1.807, 2.05) is 32.0 Å². The van der Waals surface area contributed by atoms with Crippen molar-refractivity contribution in [2.24, 2.45) is 0 Å². The van der Waals surface area contributed by atoms with Crippen molar-refractivity contribution in [2.45, 2.75) is 20.8 Å². The summed E-state index contributed by atoms with van der Waals surface area (Å²) in [6.45, 7) is 6.81. The molecule has 0 unspecified atom stereocenters. The molecule has 0 aliphatic heterocycles. The molecule has 6 nitrogen and oxygen atoms in total. The number of carbonyl (C=O) groups excluding carboxylic acids is 2. The third-order valence-corrected chi connectivity index (χ3v) is 3.70. The van der Waals surface area contributed by atoms with Crippen LogP contribution >= 0.6 is 0 Å². The highest BCUT2D eigenvalue weighted by Crippen LogP contribution is 2.21. The van der Waals surface area contributed by atoms with Crippen LogP contribution in [0.4, 0.5) is 10.5 Å². The fraction of sp³-hybridized carbons (Fsp3) is 0.300. The predicted octanol–water partition coefficient (Wildman–Crippen LogP) is 3.68. The average molecular weight is 356 g/mol. The lowest BCUT2D eigenvalue weighted by Crippen LogP contribution is -2.32. The third kappa shape index (κ3) is 5.51. The molecule has 0 aliphatic rings. The molecule has 138 valence electrons. The summed E-state index contributed by atoms with van der Waals surface area (Å²) in [6.07, 6.45) is 0. The molecule has 0 saturated heterocycles. The van der Waals surface area contributed by atoms with Gasteiger partial charge in [-0.05, 0) is 56.2 Å². The Balaban J connectivity index is 1.76. The highest BCUT2D eigenvalue weighted by molar-refractivity contribution is 5.92. The average Bonchev–Trinajstić information content (AvgIpc) is 2.61. The van der Waals surface area contributed by atoms with E-state index in [1.54, 1.807) is 31.2 Å². The van der Waals surface area contributed by atoms with Crippen molar-refractivity contribution in [1.82, 2.24) is 5.32 Å². The number of anilines is 1. The van der Waals surface area contributed by atoms with Crippen molar-refractivity contribution >= 4 is 17.7 Å². The maximum atomic E-state index is 11.9. The second-order valence-corrected chi connectivity index (χ2v) is 5.75. The van der Waals surface area contributed by atoms with Crippen molar-refractivity contribution in [3.8, 4) is 5.75 Å². The van der Waals surface area contributed by atoms with Gasteiger partial charge in [0.2, 0.25) is 0 Å². The van der Waals surface area contributed by atoms with Crippen LogP contribution in [0.3, 0.4) is 0 Å². The molecule has 0 atom stereocenters. The lowest BCUT2D eigenvalue weighted by molar-refractivity contribution is 0.0526. The van der Waals surface area contributed by atoms with E-state index in [2.05, 4.69) is 10.6 Å². The Hall–Kier alpha value is -3.02. The zero-order valence-corrected chi connectivity index (χ0v) is 15.3. The number of hydrogen-bond donors (Lipinski definition) is 2. The summed E-state index contributed by atoms with van der Waals surface area (Å²) in [6, 6.07) is 12.1. The Labute approximate surface area is 153 Å². The Bertz CT molecular complexity index is 737. The monoisotopic (exact) mass is 356 g/mol. The number of esters is 1. The Morgan fingerprint density at radius 2 is 1.65 bits per heavy atom. The molecule has 2 rings (SSSR count). The minimum Gasteiger partial charge on any atom is -0.491 e.